The maximum Gasteiger partial charge on any atom is 0.269 e. The fraction of sp³-hybridized carbons (Fsp3) is 0.700. The minimum Gasteiger partial charge on any atom is -0.365 e. The molecule has 1 aromatic heterocycles. The number of amides is 1. The average Bonchev–Trinajstić information content (AvgIpc) is 2.68. The molecule has 26 heavy (non-hydrogen) atoms. The van der Waals surface area contributed by atoms with Crippen LogP contribution in [-0.2, 0) is 0 Å². The number of pyridine rings is 1. The predicted octanol–water partition coefficient (Wildman–Crippen LogP) is 3.06. The average molecular weight is 362 g/mol. The Kier molecular flexibility index (Phi) is 6.46. The van der Waals surface area contributed by atoms with Crippen LogP contribution in [0.5, 0.6) is 0 Å². The van der Waals surface area contributed by atoms with E-state index in [1.165, 1.54) is 45.6 Å². The number of halogens is 1. The van der Waals surface area contributed by atoms with Crippen LogP contribution in [0.4, 0.5) is 10.1 Å². The van der Waals surface area contributed by atoms with Gasteiger partial charge in [-0.3, -0.25) is 9.69 Å². The van der Waals surface area contributed by atoms with Crippen LogP contribution in [0.2, 0.25) is 0 Å². The lowest BCUT2D eigenvalue weighted by atomic mass is 9.83. The Morgan fingerprint density at radius 3 is 2.46 bits per heavy atom. The molecule has 1 amide bonds. The fourth-order valence-corrected chi connectivity index (χ4v) is 4.45. The summed E-state index contributed by atoms with van der Waals surface area (Å²) in [6.45, 7) is 5.85. The Balaban J connectivity index is 1.53. The monoisotopic (exact) mass is 362 g/mol. The molecular formula is C20H31FN4O. The van der Waals surface area contributed by atoms with Crippen LogP contribution in [0.1, 0.15) is 55.9 Å². The van der Waals surface area contributed by atoms with E-state index in [1.54, 1.807) is 12.1 Å². The Labute approximate surface area is 156 Å². The number of nitrogens with one attached hydrogen (secondary N) is 1. The molecule has 0 spiro atoms. The molecule has 2 fully saturated rings. The second kappa shape index (κ2) is 8.80. The zero-order valence-corrected chi connectivity index (χ0v) is 16.0. The SMILES string of the molecule is CCCC1CCC(N2CCN(c3ccc(C(=O)NC)nc3F)CC2)CC1. The molecule has 1 aliphatic heterocycles. The van der Waals surface area contributed by atoms with E-state index in [2.05, 4.69) is 27.0 Å². The second-order valence-electron chi connectivity index (χ2n) is 7.57. The third kappa shape index (κ3) is 4.34. The third-order valence-corrected chi connectivity index (χ3v) is 5.97. The van der Waals surface area contributed by atoms with Gasteiger partial charge in [0, 0.05) is 39.3 Å². The third-order valence-electron chi connectivity index (χ3n) is 5.97. The van der Waals surface area contributed by atoms with Crippen LogP contribution in [0.25, 0.3) is 0 Å². The van der Waals surface area contributed by atoms with Crippen molar-refractivity contribution in [3.05, 3.63) is 23.8 Å². The normalized spacial score (nSPS) is 24.5. The topological polar surface area (TPSA) is 48.5 Å². The molecule has 0 aromatic carbocycles. The van der Waals surface area contributed by atoms with Crippen molar-refractivity contribution in [1.82, 2.24) is 15.2 Å². The van der Waals surface area contributed by atoms with Gasteiger partial charge in [-0.25, -0.2) is 4.98 Å². The molecule has 1 saturated heterocycles. The largest absolute Gasteiger partial charge is 0.365 e. The van der Waals surface area contributed by atoms with Gasteiger partial charge in [0.1, 0.15) is 5.69 Å². The van der Waals surface area contributed by atoms with E-state index < -0.39 is 5.95 Å². The summed E-state index contributed by atoms with van der Waals surface area (Å²) in [5, 5.41) is 2.47. The lowest BCUT2D eigenvalue weighted by molar-refractivity contribution is 0.0957. The standard InChI is InChI=1S/C20H31FN4O/c1-3-4-15-5-7-16(8-6-15)24-11-13-25(14-12-24)18-10-9-17(20(26)22-2)23-19(18)21/h9-10,15-16H,3-8,11-14H2,1-2H3,(H,22,26). The molecule has 3 rings (SSSR count). The number of rotatable bonds is 5. The first-order valence-corrected chi connectivity index (χ1v) is 10.00. The summed E-state index contributed by atoms with van der Waals surface area (Å²) in [5.41, 5.74) is 0.625. The van der Waals surface area contributed by atoms with Crippen molar-refractivity contribution in [2.75, 3.05) is 38.1 Å². The Hall–Kier alpha value is -1.69. The molecule has 0 unspecified atom stereocenters. The highest BCUT2D eigenvalue weighted by Gasteiger charge is 2.29. The van der Waals surface area contributed by atoms with Gasteiger partial charge in [0.25, 0.3) is 5.91 Å². The first-order valence-electron chi connectivity index (χ1n) is 10.00. The zero-order valence-electron chi connectivity index (χ0n) is 16.0. The van der Waals surface area contributed by atoms with Crippen molar-refractivity contribution < 1.29 is 9.18 Å². The minimum atomic E-state index is -0.556. The van der Waals surface area contributed by atoms with Crippen molar-refractivity contribution in [2.45, 2.75) is 51.5 Å². The maximum absolute atomic E-state index is 14.4. The van der Waals surface area contributed by atoms with E-state index in [-0.39, 0.29) is 11.6 Å². The number of anilines is 1. The van der Waals surface area contributed by atoms with Crippen LogP contribution in [-0.4, -0.2) is 55.1 Å². The zero-order chi connectivity index (χ0) is 18.5. The summed E-state index contributed by atoms with van der Waals surface area (Å²) in [5.74, 6) is 0.00936. The quantitative estimate of drug-likeness (QED) is 0.818. The Morgan fingerprint density at radius 1 is 1.19 bits per heavy atom. The van der Waals surface area contributed by atoms with E-state index >= 15 is 0 Å². The molecule has 0 atom stereocenters. The second-order valence-corrected chi connectivity index (χ2v) is 7.57. The van der Waals surface area contributed by atoms with Gasteiger partial charge in [0.05, 0.1) is 5.69 Å². The highest BCUT2D eigenvalue weighted by molar-refractivity contribution is 5.92. The molecule has 2 heterocycles. The van der Waals surface area contributed by atoms with Gasteiger partial charge in [0.2, 0.25) is 5.95 Å². The summed E-state index contributed by atoms with van der Waals surface area (Å²) in [4.78, 5) is 20.0. The molecule has 1 aliphatic carbocycles. The van der Waals surface area contributed by atoms with Gasteiger partial charge in [-0.15, -0.1) is 0 Å². The maximum atomic E-state index is 14.4. The first kappa shape index (κ1) is 19.1. The molecule has 1 aromatic rings. The molecule has 5 nitrogen and oxygen atoms in total. The van der Waals surface area contributed by atoms with Crippen molar-refractivity contribution in [3.63, 3.8) is 0 Å². The number of carbonyl (C=O) groups excluding carboxylic acids is 1. The molecular weight excluding hydrogens is 331 g/mol. The number of hydrogen-bond donors (Lipinski definition) is 1. The summed E-state index contributed by atoms with van der Waals surface area (Å²) in [6, 6.07) is 3.97. The van der Waals surface area contributed by atoms with Crippen LogP contribution in [0.3, 0.4) is 0 Å². The highest BCUT2D eigenvalue weighted by Crippen LogP contribution is 2.31. The lowest BCUT2D eigenvalue weighted by Gasteiger charge is -2.42. The number of aromatic nitrogens is 1. The van der Waals surface area contributed by atoms with Crippen molar-refractivity contribution in [3.8, 4) is 0 Å². The molecule has 0 radical (unpaired) electrons. The summed E-state index contributed by atoms with van der Waals surface area (Å²) < 4.78 is 14.4. The molecule has 1 N–H and O–H groups in total. The first-order chi connectivity index (χ1) is 12.6. The van der Waals surface area contributed by atoms with E-state index in [4.69, 9.17) is 0 Å². The Morgan fingerprint density at radius 2 is 1.88 bits per heavy atom. The van der Waals surface area contributed by atoms with Gasteiger partial charge in [-0.2, -0.15) is 4.39 Å². The smallest absolute Gasteiger partial charge is 0.269 e. The summed E-state index contributed by atoms with van der Waals surface area (Å²) in [6.07, 6.45) is 8.00. The number of carbonyl (C=O) groups is 1. The van der Waals surface area contributed by atoms with Gasteiger partial charge >= 0.3 is 0 Å². The van der Waals surface area contributed by atoms with E-state index in [0.717, 1.165) is 32.1 Å². The fourth-order valence-electron chi connectivity index (χ4n) is 4.45. The number of nitrogens with zero attached hydrogens (tertiary/aromatic N) is 3. The van der Waals surface area contributed by atoms with Crippen LogP contribution in [0.15, 0.2) is 12.1 Å². The van der Waals surface area contributed by atoms with Gasteiger partial charge < -0.3 is 10.2 Å². The van der Waals surface area contributed by atoms with Gasteiger partial charge in [-0.05, 0) is 43.7 Å². The van der Waals surface area contributed by atoms with Gasteiger partial charge in [0.15, 0.2) is 0 Å². The predicted molar refractivity (Wildman–Crippen MR) is 102 cm³/mol. The summed E-state index contributed by atoms with van der Waals surface area (Å²) in [7, 11) is 1.52. The minimum absolute atomic E-state index is 0.122. The molecule has 144 valence electrons. The van der Waals surface area contributed by atoms with Crippen LogP contribution < -0.4 is 10.2 Å². The van der Waals surface area contributed by atoms with Crippen molar-refractivity contribution in [1.29, 1.82) is 0 Å². The van der Waals surface area contributed by atoms with Crippen LogP contribution in [0, 0.1) is 11.9 Å². The number of piperazine rings is 1. The highest BCUT2D eigenvalue weighted by atomic mass is 19.1. The molecule has 6 heteroatoms. The Bertz CT molecular complexity index is 608. The number of hydrogen-bond acceptors (Lipinski definition) is 4. The van der Waals surface area contributed by atoms with Crippen molar-refractivity contribution >= 4 is 11.6 Å². The van der Waals surface area contributed by atoms with E-state index in [1.807, 2.05) is 0 Å². The van der Waals surface area contributed by atoms with Crippen molar-refractivity contribution in [2.24, 2.45) is 5.92 Å². The molecule has 1 saturated carbocycles. The van der Waals surface area contributed by atoms with E-state index in [9.17, 15) is 9.18 Å². The molecule has 2 aliphatic rings. The molecule has 0 bridgehead atoms. The summed E-state index contributed by atoms with van der Waals surface area (Å²) >= 11 is 0. The lowest BCUT2D eigenvalue weighted by Crippen LogP contribution is -2.51. The van der Waals surface area contributed by atoms with Gasteiger partial charge in [-0.1, -0.05) is 19.8 Å². The van der Waals surface area contributed by atoms with E-state index in [0.29, 0.717) is 11.7 Å². The van der Waals surface area contributed by atoms with Crippen LogP contribution >= 0.6 is 0 Å².